The fourth-order valence-corrected chi connectivity index (χ4v) is 7.10. The lowest BCUT2D eigenvalue weighted by Crippen LogP contribution is -2.46. The van der Waals surface area contributed by atoms with Crippen LogP contribution in [-0.4, -0.2) is 50.9 Å². The molecule has 9 heteroatoms. The molecule has 6 nitrogen and oxygen atoms in total. The topological polar surface area (TPSA) is 69.7 Å². The van der Waals surface area contributed by atoms with Gasteiger partial charge in [-0.15, -0.1) is 0 Å². The molecule has 0 bridgehead atoms. The lowest BCUT2D eigenvalue weighted by atomic mass is 9.97. The van der Waals surface area contributed by atoms with E-state index in [1.54, 1.807) is 6.07 Å². The zero-order valence-electron chi connectivity index (χ0n) is 17.9. The molecule has 1 saturated heterocycles. The van der Waals surface area contributed by atoms with E-state index in [4.69, 9.17) is 23.2 Å². The first-order chi connectivity index (χ1) is 15.3. The molecule has 1 N–H and O–H groups in total. The minimum atomic E-state index is -3.81. The monoisotopic (exact) mass is 495 g/mol. The predicted octanol–water partition coefficient (Wildman–Crippen LogP) is 3.96. The first-order valence-corrected chi connectivity index (χ1v) is 13.0. The number of rotatable bonds is 6. The van der Waals surface area contributed by atoms with Crippen LogP contribution in [0, 0.1) is 5.92 Å². The molecule has 2 aliphatic rings. The van der Waals surface area contributed by atoms with Crippen LogP contribution >= 0.6 is 23.2 Å². The van der Waals surface area contributed by atoms with Crippen LogP contribution in [0.4, 0.5) is 5.69 Å². The number of nitrogens with one attached hydrogen (secondary N) is 1. The van der Waals surface area contributed by atoms with Crippen molar-refractivity contribution in [3.05, 3.63) is 58.1 Å². The van der Waals surface area contributed by atoms with E-state index < -0.39 is 10.0 Å². The van der Waals surface area contributed by atoms with Crippen molar-refractivity contribution in [3.8, 4) is 0 Å². The molecule has 4 rings (SSSR count). The Hall–Kier alpha value is -1.80. The molecule has 1 fully saturated rings. The second kappa shape index (κ2) is 9.59. The lowest BCUT2D eigenvalue weighted by molar-refractivity contribution is -0.126. The average molecular weight is 496 g/mol. The number of carbonyl (C=O) groups excluding carboxylic acids is 1. The van der Waals surface area contributed by atoms with E-state index in [2.05, 4.69) is 35.3 Å². The standard InChI is InChI=1S/C23H27Cl2N3O3S/c1-16(28-14-11-17-5-2-3-8-21(17)28)15-26-23(29)18-9-12-27(13-10-18)32(30,31)22-19(24)6-4-7-20(22)25/h2-8,16,18H,9-15H2,1H3,(H,26,29)/t16-/m0/s1. The molecule has 0 aromatic heterocycles. The maximum atomic E-state index is 13.0. The number of benzene rings is 2. The Balaban J connectivity index is 1.31. The predicted molar refractivity (Wildman–Crippen MR) is 128 cm³/mol. The van der Waals surface area contributed by atoms with E-state index in [0.717, 1.165) is 13.0 Å². The highest BCUT2D eigenvalue weighted by Gasteiger charge is 2.34. The van der Waals surface area contributed by atoms with Crippen molar-refractivity contribution in [3.63, 3.8) is 0 Å². The highest BCUT2D eigenvalue weighted by Crippen LogP contribution is 2.33. The van der Waals surface area contributed by atoms with Crippen LogP contribution in [-0.2, 0) is 21.2 Å². The van der Waals surface area contributed by atoms with E-state index in [0.29, 0.717) is 19.4 Å². The summed E-state index contributed by atoms with van der Waals surface area (Å²) in [7, 11) is -3.81. The minimum absolute atomic E-state index is 0.0165. The average Bonchev–Trinajstić information content (AvgIpc) is 3.21. The third-order valence-corrected chi connectivity index (χ3v) is 9.22. The summed E-state index contributed by atoms with van der Waals surface area (Å²) in [4.78, 5) is 15.0. The lowest BCUT2D eigenvalue weighted by Gasteiger charge is -2.32. The van der Waals surface area contributed by atoms with Gasteiger partial charge in [0, 0.05) is 43.8 Å². The van der Waals surface area contributed by atoms with Crippen LogP contribution in [0.25, 0.3) is 0 Å². The second-order valence-electron chi connectivity index (χ2n) is 8.40. The molecule has 2 aliphatic heterocycles. The molecule has 32 heavy (non-hydrogen) atoms. The number of amides is 1. The van der Waals surface area contributed by atoms with Crippen LogP contribution in [0.3, 0.4) is 0 Å². The van der Waals surface area contributed by atoms with Gasteiger partial charge in [-0.3, -0.25) is 4.79 Å². The van der Waals surface area contributed by atoms with E-state index in [9.17, 15) is 13.2 Å². The van der Waals surface area contributed by atoms with Crippen molar-refractivity contribution in [1.29, 1.82) is 0 Å². The third kappa shape index (κ3) is 4.62. The van der Waals surface area contributed by atoms with Crippen molar-refractivity contribution < 1.29 is 13.2 Å². The van der Waals surface area contributed by atoms with Crippen LogP contribution in [0.2, 0.25) is 10.0 Å². The van der Waals surface area contributed by atoms with Gasteiger partial charge >= 0.3 is 0 Å². The Kier molecular flexibility index (Phi) is 7.00. The number of anilines is 1. The summed E-state index contributed by atoms with van der Waals surface area (Å²) in [6.07, 6.45) is 1.96. The Morgan fingerprint density at radius 1 is 1.06 bits per heavy atom. The van der Waals surface area contributed by atoms with E-state index in [-0.39, 0.29) is 45.9 Å². The number of halogens is 2. The summed E-state index contributed by atoms with van der Waals surface area (Å²) in [5.41, 5.74) is 2.59. The third-order valence-electron chi connectivity index (χ3n) is 6.37. The molecule has 2 heterocycles. The van der Waals surface area contributed by atoms with Gasteiger partial charge in [0.25, 0.3) is 0 Å². The zero-order chi connectivity index (χ0) is 22.9. The molecule has 2 aromatic carbocycles. The number of piperidine rings is 1. The summed E-state index contributed by atoms with van der Waals surface area (Å²) < 4.78 is 27.4. The molecular weight excluding hydrogens is 469 g/mol. The maximum absolute atomic E-state index is 13.0. The van der Waals surface area contributed by atoms with Crippen LogP contribution in [0.15, 0.2) is 47.4 Å². The first-order valence-electron chi connectivity index (χ1n) is 10.9. The van der Waals surface area contributed by atoms with Gasteiger partial charge in [-0.05, 0) is 49.9 Å². The van der Waals surface area contributed by atoms with Crippen molar-refractivity contribution in [2.45, 2.75) is 37.1 Å². The summed E-state index contributed by atoms with van der Waals surface area (Å²) in [6, 6.07) is 13.2. The van der Waals surface area contributed by atoms with Crippen molar-refractivity contribution >= 4 is 44.8 Å². The quantitative estimate of drug-likeness (QED) is 0.658. The normalized spacial score (nSPS) is 18.4. The Morgan fingerprint density at radius 2 is 1.72 bits per heavy atom. The molecule has 0 unspecified atom stereocenters. The van der Waals surface area contributed by atoms with E-state index in [1.165, 1.54) is 27.7 Å². The summed E-state index contributed by atoms with van der Waals surface area (Å²) in [6.45, 7) is 4.15. The number of carbonyl (C=O) groups is 1. The fraction of sp³-hybridized carbons (Fsp3) is 0.435. The van der Waals surface area contributed by atoms with Crippen molar-refractivity contribution in [1.82, 2.24) is 9.62 Å². The van der Waals surface area contributed by atoms with Gasteiger partial charge in [-0.1, -0.05) is 47.5 Å². The van der Waals surface area contributed by atoms with Crippen LogP contribution in [0.5, 0.6) is 0 Å². The molecule has 0 aliphatic carbocycles. The largest absolute Gasteiger partial charge is 0.366 e. The number of fused-ring (bicyclic) bond motifs is 1. The summed E-state index contributed by atoms with van der Waals surface area (Å²) in [5, 5.41) is 3.29. The maximum Gasteiger partial charge on any atom is 0.246 e. The highest BCUT2D eigenvalue weighted by atomic mass is 35.5. The molecular formula is C23H27Cl2N3O3S. The number of sulfonamides is 1. The van der Waals surface area contributed by atoms with E-state index >= 15 is 0 Å². The molecule has 0 radical (unpaired) electrons. The molecule has 1 atom stereocenters. The van der Waals surface area contributed by atoms with Crippen LogP contribution < -0.4 is 10.2 Å². The molecule has 2 aromatic rings. The molecule has 172 valence electrons. The molecule has 0 spiro atoms. The van der Waals surface area contributed by atoms with Crippen LogP contribution in [0.1, 0.15) is 25.3 Å². The first kappa shape index (κ1) is 23.4. The molecule has 0 saturated carbocycles. The number of hydrogen-bond donors (Lipinski definition) is 1. The fourth-order valence-electron chi connectivity index (χ4n) is 4.54. The number of nitrogens with zero attached hydrogens (tertiary/aromatic N) is 2. The van der Waals surface area contributed by atoms with Gasteiger partial charge in [-0.2, -0.15) is 4.31 Å². The van der Waals surface area contributed by atoms with Crippen molar-refractivity contribution in [2.75, 3.05) is 31.1 Å². The highest BCUT2D eigenvalue weighted by molar-refractivity contribution is 7.89. The van der Waals surface area contributed by atoms with Gasteiger partial charge in [0.05, 0.1) is 10.0 Å². The van der Waals surface area contributed by atoms with Gasteiger partial charge in [0.1, 0.15) is 4.90 Å². The smallest absolute Gasteiger partial charge is 0.246 e. The number of para-hydroxylation sites is 1. The number of hydrogen-bond acceptors (Lipinski definition) is 4. The Bertz CT molecular complexity index is 1080. The van der Waals surface area contributed by atoms with Gasteiger partial charge < -0.3 is 10.2 Å². The van der Waals surface area contributed by atoms with Gasteiger partial charge in [0.2, 0.25) is 15.9 Å². The Labute approximate surface area is 199 Å². The minimum Gasteiger partial charge on any atom is -0.366 e. The van der Waals surface area contributed by atoms with E-state index in [1.807, 2.05) is 6.07 Å². The van der Waals surface area contributed by atoms with Crippen molar-refractivity contribution in [2.24, 2.45) is 5.92 Å². The van der Waals surface area contributed by atoms with Gasteiger partial charge in [0.15, 0.2) is 0 Å². The van der Waals surface area contributed by atoms with Gasteiger partial charge in [-0.25, -0.2) is 8.42 Å². The zero-order valence-corrected chi connectivity index (χ0v) is 20.3. The summed E-state index contributed by atoms with van der Waals surface area (Å²) >= 11 is 12.2. The molecule has 1 amide bonds. The SMILES string of the molecule is C[C@@H](CNC(=O)C1CCN(S(=O)(=O)c2c(Cl)cccc2Cl)CC1)N1CCc2ccccc21. The Morgan fingerprint density at radius 3 is 2.41 bits per heavy atom. The second-order valence-corrected chi connectivity index (χ2v) is 11.1. The summed E-state index contributed by atoms with van der Waals surface area (Å²) in [5.74, 6) is -0.224.